The number of amides is 1. The zero-order valence-electron chi connectivity index (χ0n) is 14.7. The Morgan fingerprint density at radius 2 is 1.65 bits per heavy atom. The maximum Gasteiger partial charge on any atom is 0.237 e. The first-order valence-corrected chi connectivity index (χ1v) is 9.46. The van der Waals surface area contributed by atoms with E-state index in [1.54, 1.807) is 31.3 Å². The molecule has 0 spiro atoms. The molecule has 5 nitrogen and oxygen atoms in total. The molecule has 0 radical (unpaired) electrons. The molecule has 0 saturated carbocycles. The van der Waals surface area contributed by atoms with Crippen LogP contribution in [0.4, 0.5) is 4.39 Å². The molecule has 2 rings (SSSR count). The van der Waals surface area contributed by atoms with Gasteiger partial charge in [0, 0.05) is 26.0 Å². The van der Waals surface area contributed by atoms with Crippen LogP contribution in [-0.4, -0.2) is 44.2 Å². The van der Waals surface area contributed by atoms with E-state index in [1.165, 1.54) is 30.2 Å². The molecule has 0 heterocycles. The van der Waals surface area contributed by atoms with E-state index >= 15 is 0 Å². The van der Waals surface area contributed by atoms with Crippen molar-refractivity contribution in [2.45, 2.75) is 6.54 Å². The lowest BCUT2D eigenvalue weighted by molar-refractivity contribution is -0.130. The molecule has 0 fully saturated rings. The molecule has 0 saturated heterocycles. The molecule has 0 atom stereocenters. The quantitative estimate of drug-likeness (QED) is 0.747. The molecule has 26 heavy (non-hydrogen) atoms. The summed E-state index contributed by atoms with van der Waals surface area (Å²) in [5.74, 6) is -0.702. The van der Waals surface area contributed by atoms with Crippen molar-refractivity contribution < 1.29 is 17.6 Å². The molecule has 0 bridgehead atoms. The highest BCUT2D eigenvalue weighted by Gasteiger charge is 2.20. The molecule has 2 aromatic rings. The van der Waals surface area contributed by atoms with Gasteiger partial charge in [-0.25, -0.2) is 12.8 Å². The molecule has 138 valence electrons. The van der Waals surface area contributed by atoms with Crippen LogP contribution >= 0.6 is 0 Å². The van der Waals surface area contributed by atoms with Crippen molar-refractivity contribution in [2.24, 2.45) is 0 Å². The Morgan fingerprint density at radius 1 is 1.04 bits per heavy atom. The summed E-state index contributed by atoms with van der Waals surface area (Å²) in [6.45, 7) is -0.00792. The molecule has 0 aliphatic rings. The molecule has 0 unspecified atom stereocenters. The van der Waals surface area contributed by atoms with Gasteiger partial charge in [-0.3, -0.25) is 4.79 Å². The van der Waals surface area contributed by atoms with Gasteiger partial charge in [0.2, 0.25) is 15.9 Å². The van der Waals surface area contributed by atoms with E-state index in [9.17, 15) is 17.6 Å². The number of hydrogen-bond acceptors (Lipinski definition) is 3. The average Bonchev–Trinajstić information content (AvgIpc) is 2.62. The number of sulfonamides is 1. The largest absolute Gasteiger partial charge is 0.340 e. The third-order valence-electron chi connectivity index (χ3n) is 3.78. The fourth-order valence-corrected chi connectivity index (χ4v) is 3.01. The van der Waals surface area contributed by atoms with Crippen LogP contribution in [0.2, 0.25) is 0 Å². The smallest absolute Gasteiger partial charge is 0.237 e. The molecule has 7 heteroatoms. The molecule has 2 aromatic carbocycles. The van der Waals surface area contributed by atoms with E-state index in [-0.39, 0.29) is 24.8 Å². The van der Waals surface area contributed by atoms with Gasteiger partial charge in [0.25, 0.3) is 0 Å². The van der Waals surface area contributed by atoms with Crippen LogP contribution in [0.3, 0.4) is 0 Å². The van der Waals surface area contributed by atoms with E-state index in [0.717, 1.165) is 20.8 Å². The summed E-state index contributed by atoms with van der Waals surface area (Å²) in [6, 6.07) is 14.8. The summed E-state index contributed by atoms with van der Waals surface area (Å²) in [5.41, 5.74) is 1.51. The topological polar surface area (TPSA) is 57.7 Å². The molecule has 0 N–H and O–H groups in total. The lowest BCUT2D eigenvalue weighted by Crippen LogP contribution is -2.38. The molecule has 0 aliphatic carbocycles. The van der Waals surface area contributed by atoms with Crippen LogP contribution in [0.5, 0.6) is 0 Å². The van der Waals surface area contributed by atoms with Crippen LogP contribution in [0, 0.1) is 5.82 Å². The highest BCUT2D eigenvalue weighted by Crippen LogP contribution is 2.09. The van der Waals surface area contributed by atoms with Gasteiger partial charge in [-0.1, -0.05) is 42.5 Å². The highest BCUT2D eigenvalue weighted by molar-refractivity contribution is 7.92. The Balaban J connectivity index is 1.96. The second-order valence-corrected chi connectivity index (χ2v) is 7.82. The minimum absolute atomic E-state index is 0.271. The van der Waals surface area contributed by atoms with Crippen LogP contribution < -0.4 is 0 Å². The van der Waals surface area contributed by atoms with Gasteiger partial charge in [0.05, 0.1) is 6.54 Å². The predicted molar refractivity (Wildman–Crippen MR) is 99.9 cm³/mol. The van der Waals surface area contributed by atoms with Gasteiger partial charge in [0.15, 0.2) is 0 Å². The number of rotatable bonds is 7. The SMILES string of the molecule is CN(Cc1ccc(F)cc1)C(=O)CN(C)S(=O)(=O)C=Cc1ccccc1. The zero-order chi connectivity index (χ0) is 19.2. The Bertz CT molecular complexity index is 865. The number of carbonyl (C=O) groups excluding carboxylic acids is 1. The minimum Gasteiger partial charge on any atom is -0.340 e. The van der Waals surface area contributed by atoms with E-state index < -0.39 is 10.0 Å². The highest BCUT2D eigenvalue weighted by atomic mass is 32.2. The van der Waals surface area contributed by atoms with E-state index in [1.807, 2.05) is 18.2 Å². The normalized spacial score (nSPS) is 11.8. The Kier molecular flexibility index (Phi) is 6.65. The van der Waals surface area contributed by atoms with Crippen molar-refractivity contribution in [3.05, 3.63) is 76.9 Å². The van der Waals surface area contributed by atoms with Crippen LogP contribution in [0.25, 0.3) is 6.08 Å². The number of benzene rings is 2. The van der Waals surface area contributed by atoms with Crippen LogP contribution in [0.15, 0.2) is 60.0 Å². The summed E-state index contributed by atoms with van der Waals surface area (Å²) in [7, 11) is -0.779. The predicted octanol–water partition coefficient (Wildman–Crippen LogP) is 2.72. The van der Waals surface area contributed by atoms with Crippen LogP contribution in [-0.2, 0) is 21.4 Å². The second kappa shape index (κ2) is 8.73. The van der Waals surface area contributed by atoms with Crippen molar-refractivity contribution in [3.8, 4) is 0 Å². The Labute approximate surface area is 153 Å². The lowest BCUT2D eigenvalue weighted by Gasteiger charge is -2.21. The number of hydrogen-bond donors (Lipinski definition) is 0. The molecular weight excluding hydrogens is 355 g/mol. The third-order valence-corrected chi connectivity index (χ3v) is 5.26. The number of nitrogens with zero attached hydrogens (tertiary/aromatic N) is 2. The number of carbonyl (C=O) groups is 1. The van der Waals surface area contributed by atoms with Crippen molar-refractivity contribution in [3.63, 3.8) is 0 Å². The second-order valence-electron chi connectivity index (χ2n) is 5.89. The maximum absolute atomic E-state index is 12.9. The first kappa shape index (κ1) is 19.8. The summed E-state index contributed by atoms with van der Waals surface area (Å²) >= 11 is 0. The van der Waals surface area contributed by atoms with Crippen molar-refractivity contribution in [1.82, 2.24) is 9.21 Å². The van der Waals surface area contributed by atoms with Gasteiger partial charge < -0.3 is 4.90 Å². The molecular formula is C19H21FN2O3S. The molecule has 0 aliphatic heterocycles. The van der Waals surface area contributed by atoms with Crippen molar-refractivity contribution >= 4 is 22.0 Å². The number of halogens is 1. The fourth-order valence-electron chi connectivity index (χ4n) is 2.19. The lowest BCUT2D eigenvalue weighted by atomic mass is 10.2. The first-order valence-electron chi connectivity index (χ1n) is 7.96. The van der Waals surface area contributed by atoms with Gasteiger partial charge in [0.1, 0.15) is 5.82 Å². The third kappa shape index (κ3) is 5.79. The Morgan fingerprint density at radius 3 is 2.27 bits per heavy atom. The van der Waals surface area contributed by atoms with E-state index in [0.29, 0.717) is 0 Å². The summed E-state index contributed by atoms with van der Waals surface area (Å²) in [4.78, 5) is 13.7. The number of likely N-dealkylation sites (N-methyl/N-ethyl adjacent to an activating group) is 2. The van der Waals surface area contributed by atoms with Gasteiger partial charge in [-0.05, 0) is 29.3 Å². The minimum atomic E-state index is -3.71. The zero-order valence-corrected chi connectivity index (χ0v) is 15.5. The van der Waals surface area contributed by atoms with E-state index in [4.69, 9.17) is 0 Å². The van der Waals surface area contributed by atoms with Gasteiger partial charge in [-0.2, -0.15) is 4.31 Å². The van der Waals surface area contributed by atoms with Crippen molar-refractivity contribution in [1.29, 1.82) is 0 Å². The first-order chi connectivity index (χ1) is 12.3. The summed E-state index contributed by atoms with van der Waals surface area (Å²) in [5, 5.41) is 1.08. The molecule has 1 amide bonds. The molecule has 0 aromatic heterocycles. The summed E-state index contributed by atoms with van der Waals surface area (Å²) in [6.07, 6.45) is 1.48. The Hall–Kier alpha value is -2.51. The van der Waals surface area contributed by atoms with Crippen LogP contribution in [0.1, 0.15) is 11.1 Å². The maximum atomic E-state index is 12.9. The van der Waals surface area contributed by atoms with Gasteiger partial charge in [-0.15, -0.1) is 0 Å². The van der Waals surface area contributed by atoms with Crippen molar-refractivity contribution in [2.75, 3.05) is 20.6 Å². The fraction of sp³-hybridized carbons (Fsp3) is 0.211. The van der Waals surface area contributed by atoms with E-state index in [2.05, 4.69) is 0 Å². The van der Waals surface area contributed by atoms with Gasteiger partial charge >= 0.3 is 0 Å². The summed E-state index contributed by atoms with van der Waals surface area (Å²) < 4.78 is 38.5. The standard InChI is InChI=1S/C19H21FN2O3S/c1-21(14-17-8-10-18(20)11-9-17)19(23)15-22(2)26(24,25)13-12-16-6-4-3-5-7-16/h3-13H,14-15H2,1-2H3. The average molecular weight is 376 g/mol. The monoisotopic (exact) mass is 376 g/mol.